The van der Waals surface area contributed by atoms with Gasteiger partial charge in [0, 0.05) is 37.1 Å². The van der Waals surface area contributed by atoms with Crippen molar-refractivity contribution in [3.63, 3.8) is 0 Å². The summed E-state index contributed by atoms with van der Waals surface area (Å²) in [5, 5.41) is 0. The number of pyridine rings is 1. The number of hydrogen-bond donors (Lipinski definition) is 1. The molecule has 1 aromatic carbocycles. The van der Waals surface area contributed by atoms with Crippen LogP contribution in [0.15, 0.2) is 48.8 Å². The van der Waals surface area contributed by atoms with Crippen molar-refractivity contribution in [2.24, 2.45) is 5.73 Å². The van der Waals surface area contributed by atoms with Crippen LogP contribution in [0, 0.1) is 6.92 Å². The molecule has 1 fully saturated rings. The predicted octanol–water partition coefficient (Wildman–Crippen LogP) is 2.79. The predicted molar refractivity (Wildman–Crippen MR) is 104 cm³/mol. The minimum atomic E-state index is 0.0246. The molecule has 2 N–H and O–H groups in total. The van der Waals surface area contributed by atoms with Crippen molar-refractivity contribution in [2.45, 2.75) is 32.4 Å². The average molecular weight is 364 g/mol. The van der Waals surface area contributed by atoms with Gasteiger partial charge in [-0.25, -0.2) is 4.98 Å². The highest BCUT2D eigenvalue weighted by Crippen LogP contribution is 2.22. The number of nitrogens with two attached hydrogens (primary N) is 1. The lowest BCUT2D eigenvalue weighted by molar-refractivity contribution is 0.0740. The Morgan fingerprint density at radius 3 is 3.04 bits per heavy atom. The second-order valence-corrected chi connectivity index (χ2v) is 7.05. The summed E-state index contributed by atoms with van der Waals surface area (Å²) in [5.74, 6) is 0.689. The maximum absolute atomic E-state index is 12.8. The van der Waals surface area contributed by atoms with Crippen molar-refractivity contribution in [3.05, 3.63) is 65.6 Å². The Kier molecular flexibility index (Phi) is 4.81. The van der Waals surface area contributed by atoms with Crippen molar-refractivity contribution in [2.75, 3.05) is 13.1 Å². The number of amides is 1. The van der Waals surface area contributed by atoms with Gasteiger partial charge in [0.05, 0.1) is 5.69 Å². The number of rotatable bonds is 5. The number of benzene rings is 1. The van der Waals surface area contributed by atoms with E-state index in [0.29, 0.717) is 24.5 Å². The molecular formula is C21H24N4O2. The molecular weight excluding hydrogens is 340 g/mol. The molecule has 0 spiro atoms. The molecule has 0 aliphatic carbocycles. The number of ether oxygens (including phenoxy) is 1. The third-order valence-electron chi connectivity index (χ3n) is 5.03. The van der Waals surface area contributed by atoms with Gasteiger partial charge in [-0.1, -0.05) is 12.1 Å². The molecule has 27 heavy (non-hydrogen) atoms. The minimum Gasteiger partial charge on any atom is -0.487 e. The zero-order valence-corrected chi connectivity index (χ0v) is 15.5. The van der Waals surface area contributed by atoms with Gasteiger partial charge in [0.1, 0.15) is 18.0 Å². The van der Waals surface area contributed by atoms with Crippen molar-refractivity contribution < 1.29 is 9.53 Å². The fourth-order valence-corrected chi connectivity index (χ4v) is 3.62. The van der Waals surface area contributed by atoms with Crippen LogP contribution in [0.4, 0.5) is 0 Å². The molecule has 1 saturated heterocycles. The van der Waals surface area contributed by atoms with Crippen LogP contribution in [0.2, 0.25) is 0 Å². The lowest BCUT2D eigenvalue weighted by Gasteiger charge is -2.23. The number of aryl methyl sites for hydroxylation is 1. The molecule has 3 heterocycles. The Bertz CT molecular complexity index is 966. The van der Waals surface area contributed by atoms with Crippen LogP contribution in [-0.2, 0) is 6.61 Å². The van der Waals surface area contributed by atoms with Gasteiger partial charge in [-0.15, -0.1) is 0 Å². The standard InChI is InChI=1S/C21H24N4O2/c1-15-7-8-20-23-17(13-24(20)12-15)14-27-19-6-2-4-16(10-19)21(26)25-9-3-5-18(25)11-22/h2,4,6-8,10,12-13,18H,3,5,9,11,14,22H2,1H3. The van der Waals surface area contributed by atoms with E-state index >= 15 is 0 Å². The van der Waals surface area contributed by atoms with E-state index in [2.05, 4.69) is 4.98 Å². The SMILES string of the molecule is Cc1ccc2nc(COc3cccc(C(=O)N4CCCC4CN)c3)cn2c1. The molecule has 0 saturated carbocycles. The quantitative estimate of drug-likeness (QED) is 0.756. The Balaban J connectivity index is 1.46. The lowest BCUT2D eigenvalue weighted by atomic mass is 10.1. The molecule has 0 bridgehead atoms. The average Bonchev–Trinajstić information content (AvgIpc) is 3.32. The number of aromatic nitrogens is 2. The zero-order valence-electron chi connectivity index (χ0n) is 15.5. The van der Waals surface area contributed by atoms with Crippen LogP contribution < -0.4 is 10.5 Å². The molecule has 1 unspecified atom stereocenters. The number of nitrogens with zero attached hydrogens (tertiary/aromatic N) is 3. The van der Waals surface area contributed by atoms with E-state index in [9.17, 15) is 4.79 Å². The topological polar surface area (TPSA) is 72.9 Å². The van der Waals surface area contributed by atoms with Gasteiger partial charge in [-0.05, 0) is 49.6 Å². The van der Waals surface area contributed by atoms with Gasteiger partial charge in [-0.3, -0.25) is 4.79 Å². The minimum absolute atomic E-state index is 0.0246. The van der Waals surface area contributed by atoms with Crippen molar-refractivity contribution >= 4 is 11.6 Å². The second kappa shape index (κ2) is 7.40. The number of carbonyl (C=O) groups excluding carboxylic acids is 1. The second-order valence-electron chi connectivity index (χ2n) is 7.05. The number of carbonyl (C=O) groups is 1. The molecule has 1 amide bonds. The maximum atomic E-state index is 12.8. The summed E-state index contributed by atoms with van der Waals surface area (Å²) in [6, 6.07) is 11.5. The van der Waals surface area contributed by atoms with E-state index in [1.807, 2.05) is 58.9 Å². The van der Waals surface area contributed by atoms with Gasteiger partial charge in [0.25, 0.3) is 5.91 Å². The maximum Gasteiger partial charge on any atom is 0.254 e. The molecule has 6 nitrogen and oxygen atoms in total. The summed E-state index contributed by atoms with van der Waals surface area (Å²) >= 11 is 0. The first-order valence-electron chi connectivity index (χ1n) is 9.32. The summed E-state index contributed by atoms with van der Waals surface area (Å²) in [7, 11) is 0. The first-order chi connectivity index (χ1) is 13.1. The number of hydrogen-bond acceptors (Lipinski definition) is 4. The smallest absolute Gasteiger partial charge is 0.254 e. The van der Waals surface area contributed by atoms with E-state index < -0.39 is 0 Å². The van der Waals surface area contributed by atoms with E-state index in [0.717, 1.165) is 30.7 Å². The van der Waals surface area contributed by atoms with E-state index in [4.69, 9.17) is 10.5 Å². The number of imidazole rings is 1. The largest absolute Gasteiger partial charge is 0.487 e. The van der Waals surface area contributed by atoms with Crippen LogP contribution in [-0.4, -0.2) is 39.3 Å². The molecule has 0 radical (unpaired) electrons. The lowest BCUT2D eigenvalue weighted by Crippen LogP contribution is -2.39. The fraction of sp³-hybridized carbons (Fsp3) is 0.333. The highest BCUT2D eigenvalue weighted by Gasteiger charge is 2.28. The number of likely N-dealkylation sites (tertiary alicyclic amines) is 1. The Hall–Kier alpha value is -2.86. The summed E-state index contributed by atoms with van der Waals surface area (Å²) in [5.41, 5.74) is 9.35. The van der Waals surface area contributed by atoms with Crippen LogP contribution in [0.1, 0.15) is 34.5 Å². The normalized spacial score (nSPS) is 16.8. The summed E-state index contributed by atoms with van der Waals surface area (Å²) < 4.78 is 7.88. The fourth-order valence-electron chi connectivity index (χ4n) is 3.62. The third-order valence-corrected chi connectivity index (χ3v) is 5.03. The molecule has 1 aliphatic rings. The van der Waals surface area contributed by atoms with Gasteiger partial charge >= 0.3 is 0 Å². The monoisotopic (exact) mass is 364 g/mol. The summed E-state index contributed by atoms with van der Waals surface area (Å²) in [6.07, 6.45) is 5.99. The van der Waals surface area contributed by atoms with Crippen molar-refractivity contribution in [1.82, 2.24) is 14.3 Å². The first kappa shape index (κ1) is 17.5. The van der Waals surface area contributed by atoms with Gasteiger partial charge in [0.2, 0.25) is 0 Å². The molecule has 1 atom stereocenters. The Labute approximate surface area is 158 Å². The molecule has 2 aromatic heterocycles. The third kappa shape index (κ3) is 3.66. The van der Waals surface area contributed by atoms with E-state index in [1.165, 1.54) is 5.56 Å². The molecule has 3 aromatic rings. The van der Waals surface area contributed by atoms with E-state index in [-0.39, 0.29) is 11.9 Å². The first-order valence-corrected chi connectivity index (χ1v) is 9.32. The van der Waals surface area contributed by atoms with Crippen LogP contribution in [0.3, 0.4) is 0 Å². The summed E-state index contributed by atoms with van der Waals surface area (Å²) in [6.45, 7) is 3.68. The highest BCUT2D eigenvalue weighted by molar-refractivity contribution is 5.95. The number of fused-ring (bicyclic) bond motifs is 1. The molecule has 1 aliphatic heterocycles. The van der Waals surface area contributed by atoms with Gasteiger partial charge in [0.15, 0.2) is 0 Å². The van der Waals surface area contributed by atoms with Crippen LogP contribution in [0.5, 0.6) is 5.75 Å². The van der Waals surface area contributed by atoms with Gasteiger partial charge in [-0.2, -0.15) is 0 Å². The van der Waals surface area contributed by atoms with E-state index in [1.54, 1.807) is 6.07 Å². The molecule has 140 valence electrons. The van der Waals surface area contributed by atoms with Gasteiger partial charge < -0.3 is 19.8 Å². The summed E-state index contributed by atoms with van der Waals surface area (Å²) in [4.78, 5) is 19.2. The van der Waals surface area contributed by atoms with Crippen molar-refractivity contribution in [3.8, 4) is 5.75 Å². The Morgan fingerprint density at radius 1 is 1.30 bits per heavy atom. The van der Waals surface area contributed by atoms with Crippen LogP contribution >= 0.6 is 0 Å². The van der Waals surface area contributed by atoms with Crippen LogP contribution in [0.25, 0.3) is 5.65 Å². The molecule has 4 rings (SSSR count). The van der Waals surface area contributed by atoms with Crippen molar-refractivity contribution in [1.29, 1.82) is 0 Å². The zero-order chi connectivity index (χ0) is 18.8. The highest BCUT2D eigenvalue weighted by atomic mass is 16.5. The Morgan fingerprint density at radius 2 is 2.19 bits per heavy atom. The molecule has 6 heteroatoms.